The standard InChI is InChI=1S/C10H18N2O4.ClH/c1-9(2,8(14)16-3)4-12-7(13)10(15)5-11-6-10;/h11,15H,4-6H2,1-3H3,(H,12,13);1H. The Morgan fingerprint density at radius 1 is 1.47 bits per heavy atom. The summed E-state index contributed by atoms with van der Waals surface area (Å²) >= 11 is 0. The van der Waals surface area contributed by atoms with E-state index in [4.69, 9.17) is 0 Å². The largest absolute Gasteiger partial charge is 0.469 e. The number of esters is 1. The maximum Gasteiger partial charge on any atom is 0.313 e. The predicted octanol–water partition coefficient (Wildman–Crippen LogP) is -0.942. The van der Waals surface area contributed by atoms with Gasteiger partial charge in [-0.3, -0.25) is 9.59 Å². The van der Waals surface area contributed by atoms with Crippen molar-refractivity contribution in [3.05, 3.63) is 0 Å². The summed E-state index contributed by atoms with van der Waals surface area (Å²) in [5, 5.41) is 15.0. The Kier molecular flexibility index (Phi) is 5.38. The molecule has 0 aliphatic carbocycles. The summed E-state index contributed by atoms with van der Waals surface area (Å²) < 4.78 is 4.61. The molecule has 1 amide bonds. The molecule has 0 saturated carbocycles. The van der Waals surface area contributed by atoms with Gasteiger partial charge in [0.25, 0.3) is 5.91 Å². The van der Waals surface area contributed by atoms with Gasteiger partial charge in [0.2, 0.25) is 0 Å². The van der Waals surface area contributed by atoms with Crippen LogP contribution in [0.15, 0.2) is 0 Å². The van der Waals surface area contributed by atoms with Crippen molar-refractivity contribution < 1.29 is 19.4 Å². The SMILES string of the molecule is COC(=O)C(C)(C)CNC(=O)C1(O)CNC1.Cl. The van der Waals surface area contributed by atoms with Crippen LogP contribution in [0.2, 0.25) is 0 Å². The lowest BCUT2D eigenvalue weighted by atomic mass is 9.92. The number of carbonyl (C=O) groups excluding carboxylic acids is 2. The Balaban J connectivity index is 0.00000256. The van der Waals surface area contributed by atoms with Crippen molar-refractivity contribution in [2.75, 3.05) is 26.7 Å². The van der Waals surface area contributed by atoms with Gasteiger partial charge in [0.15, 0.2) is 5.60 Å². The molecule has 1 rings (SSSR count). The number of β-amino-alcohol motifs (C(OH)–C–C–N with tert-alkyl or cyclic N) is 1. The van der Waals surface area contributed by atoms with Gasteiger partial charge in [-0.15, -0.1) is 12.4 Å². The lowest BCUT2D eigenvalue weighted by Gasteiger charge is -2.36. The Morgan fingerprint density at radius 2 is 2.00 bits per heavy atom. The van der Waals surface area contributed by atoms with E-state index in [0.29, 0.717) is 0 Å². The lowest BCUT2D eigenvalue weighted by molar-refractivity contribution is -0.152. The van der Waals surface area contributed by atoms with Crippen LogP contribution in [0.25, 0.3) is 0 Å². The smallest absolute Gasteiger partial charge is 0.313 e. The average Bonchev–Trinajstić information content (AvgIpc) is 2.21. The van der Waals surface area contributed by atoms with Gasteiger partial charge in [-0.1, -0.05) is 0 Å². The first kappa shape index (κ1) is 16.1. The molecule has 100 valence electrons. The number of methoxy groups -OCH3 is 1. The zero-order chi connectivity index (χ0) is 12.4. The third kappa shape index (κ3) is 3.55. The van der Waals surface area contributed by atoms with E-state index < -0.39 is 22.9 Å². The van der Waals surface area contributed by atoms with E-state index in [9.17, 15) is 14.7 Å². The molecule has 0 bridgehead atoms. The first-order valence-corrected chi connectivity index (χ1v) is 5.12. The zero-order valence-electron chi connectivity index (χ0n) is 10.2. The van der Waals surface area contributed by atoms with E-state index in [1.54, 1.807) is 13.8 Å². The van der Waals surface area contributed by atoms with E-state index in [2.05, 4.69) is 15.4 Å². The molecule has 0 atom stereocenters. The highest BCUT2D eigenvalue weighted by Crippen LogP contribution is 2.17. The van der Waals surface area contributed by atoms with Crippen molar-refractivity contribution in [3.63, 3.8) is 0 Å². The average molecular weight is 267 g/mol. The summed E-state index contributed by atoms with van der Waals surface area (Å²) in [5.74, 6) is -0.852. The molecule has 1 aliphatic heterocycles. The topological polar surface area (TPSA) is 87.7 Å². The molecule has 1 fully saturated rings. The van der Waals surface area contributed by atoms with Crippen LogP contribution in [-0.2, 0) is 14.3 Å². The minimum Gasteiger partial charge on any atom is -0.469 e. The van der Waals surface area contributed by atoms with E-state index >= 15 is 0 Å². The Hall–Kier alpha value is -0.850. The quantitative estimate of drug-likeness (QED) is 0.572. The number of rotatable bonds is 4. The molecule has 0 spiro atoms. The van der Waals surface area contributed by atoms with E-state index in [1.165, 1.54) is 7.11 Å². The van der Waals surface area contributed by atoms with Crippen LogP contribution < -0.4 is 10.6 Å². The summed E-state index contributed by atoms with van der Waals surface area (Å²) in [6.45, 7) is 3.97. The molecule has 0 unspecified atom stereocenters. The van der Waals surface area contributed by atoms with E-state index in [0.717, 1.165) is 0 Å². The molecule has 1 heterocycles. The first-order chi connectivity index (χ1) is 7.32. The van der Waals surface area contributed by atoms with Crippen molar-refractivity contribution in [3.8, 4) is 0 Å². The van der Waals surface area contributed by atoms with Crippen molar-refractivity contribution in [1.82, 2.24) is 10.6 Å². The van der Waals surface area contributed by atoms with Crippen molar-refractivity contribution in [2.24, 2.45) is 5.41 Å². The fraction of sp³-hybridized carbons (Fsp3) is 0.800. The van der Waals surface area contributed by atoms with Gasteiger partial charge < -0.3 is 20.5 Å². The zero-order valence-corrected chi connectivity index (χ0v) is 11.0. The molecule has 0 aromatic heterocycles. The number of hydrogen-bond donors (Lipinski definition) is 3. The molecule has 1 aliphatic rings. The Bertz CT molecular complexity index is 303. The number of nitrogens with one attached hydrogen (secondary N) is 2. The van der Waals surface area contributed by atoms with Gasteiger partial charge >= 0.3 is 5.97 Å². The summed E-state index contributed by atoms with van der Waals surface area (Å²) in [7, 11) is 1.30. The summed E-state index contributed by atoms with van der Waals surface area (Å²) in [6, 6.07) is 0. The molecule has 6 nitrogen and oxygen atoms in total. The second kappa shape index (κ2) is 5.66. The van der Waals surface area contributed by atoms with Crippen molar-refractivity contribution in [2.45, 2.75) is 19.4 Å². The minimum absolute atomic E-state index is 0. The maximum atomic E-state index is 11.6. The van der Waals surface area contributed by atoms with Gasteiger partial charge in [0.1, 0.15) is 0 Å². The first-order valence-electron chi connectivity index (χ1n) is 5.12. The number of ether oxygens (including phenoxy) is 1. The lowest BCUT2D eigenvalue weighted by Crippen LogP contribution is -2.67. The highest BCUT2D eigenvalue weighted by atomic mass is 35.5. The number of hydrogen-bond acceptors (Lipinski definition) is 5. The van der Waals surface area contributed by atoms with Crippen LogP contribution in [0.5, 0.6) is 0 Å². The predicted molar refractivity (Wildman–Crippen MR) is 63.9 cm³/mol. The molecule has 0 aromatic carbocycles. The van der Waals surface area contributed by atoms with Crippen LogP contribution in [0.1, 0.15) is 13.8 Å². The fourth-order valence-electron chi connectivity index (χ4n) is 1.34. The van der Waals surface area contributed by atoms with Crippen LogP contribution in [0.3, 0.4) is 0 Å². The highest BCUT2D eigenvalue weighted by molar-refractivity contribution is 5.87. The van der Waals surface area contributed by atoms with Gasteiger partial charge in [0, 0.05) is 19.6 Å². The Morgan fingerprint density at radius 3 is 2.35 bits per heavy atom. The van der Waals surface area contributed by atoms with Crippen molar-refractivity contribution in [1.29, 1.82) is 0 Å². The molecular formula is C10H19ClN2O4. The van der Waals surface area contributed by atoms with Crippen LogP contribution in [0, 0.1) is 5.41 Å². The van der Waals surface area contributed by atoms with Gasteiger partial charge in [-0.25, -0.2) is 0 Å². The molecule has 0 radical (unpaired) electrons. The van der Waals surface area contributed by atoms with Crippen LogP contribution in [-0.4, -0.2) is 49.3 Å². The van der Waals surface area contributed by atoms with Crippen LogP contribution in [0.4, 0.5) is 0 Å². The van der Waals surface area contributed by atoms with Crippen LogP contribution >= 0.6 is 12.4 Å². The minimum atomic E-state index is -1.33. The monoisotopic (exact) mass is 266 g/mol. The molecule has 7 heteroatoms. The third-order valence-corrected chi connectivity index (χ3v) is 2.69. The molecule has 17 heavy (non-hydrogen) atoms. The van der Waals surface area contributed by atoms with Crippen molar-refractivity contribution >= 4 is 24.3 Å². The number of carbonyl (C=O) groups is 2. The Labute approximate surface area is 107 Å². The van der Waals surface area contributed by atoms with Gasteiger partial charge in [-0.05, 0) is 13.8 Å². The number of aliphatic hydroxyl groups is 1. The summed E-state index contributed by atoms with van der Waals surface area (Å²) in [5.41, 5.74) is -2.12. The second-order valence-electron chi connectivity index (χ2n) is 4.69. The molecule has 0 aromatic rings. The molecular weight excluding hydrogens is 248 g/mol. The van der Waals surface area contributed by atoms with Gasteiger partial charge in [-0.2, -0.15) is 0 Å². The fourth-order valence-corrected chi connectivity index (χ4v) is 1.34. The van der Waals surface area contributed by atoms with E-state index in [-0.39, 0.29) is 32.0 Å². The molecule has 1 saturated heterocycles. The van der Waals surface area contributed by atoms with Gasteiger partial charge in [0.05, 0.1) is 12.5 Å². The summed E-state index contributed by atoms with van der Waals surface area (Å²) in [6.07, 6.45) is 0. The second-order valence-corrected chi connectivity index (χ2v) is 4.69. The molecule has 3 N–H and O–H groups in total. The third-order valence-electron chi connectivity index (χ3n) is 2.69. The maximum absolute atomic E-state index is 11.6. The number of halogens is 1. The highest BCUT2D eigenvalue weighted by Gasteiger charge is 2.43. The normalized spacial score (nSPS) is 17.4. The number of amides is 1. The summed E-state index contributed by atoms with van der Waals surface area (Å²) in [4.78, 5) is 22.9. The van der Waals surface area contributed by atoms with E-state index in [1.807, 2.05) is 0 Å².